The minimum Gasteiger partial charge on any atom is -0.363 e. The molecule has 0 spiro atoms. The second kappa shape index (κ2) is 5.77. The van der Waals surface area contributed by atoms with Gasteiger partial charge in [0, 0.05) is 19.3 Å². The largest absolute Gasteiger partial charge is 0.417 e. The monoisotopic (exact) mass is 291 g/mol. The minimum absolute atomic E-state index is 0.0944. The summed E-state index contributed by atoms with van der Waals surface area (Å²) in [6.45, 7) is 1.81. The van der Waals surface area contributed by atoms with Crippen molar-refractivity contribution in [3.8, 4) is 0 Å². The number of likely N-dealkylation sites (tertiary alicyclic amines) is 1. The summed E-state index contributed by atoms with van der Waals surface area (Å²) in [6, 6.07) is 0.845. The van der Waals surface area contributed by atoms with Gasteiger partial charge in [-0.05, 0) is 25.3 Å². The molecule has 0 amide bonds. The van der Waals surface area contributed by atoms with Gasteiger partial charge in [0.2, 0.25) is 0 Å². The zero-order valence-corrected chi connectivity index (χ0v) is 10.9. The Hall–Kier alpha value is -1.30. The minimum atomic E-state index is -4.44. The molecule has 104 valence electrons. The van der Waals surface area contributed by atoms with Gasteiger partial charge in [0.15, 0.2) is 5.82 Å². The molecule has 1 fully saturated rings. The third kappa shape index (κ3) is 3.83. The molecule has 0 N–H and O–H groups in total. The first-order chi connectivity index (χ1) is 8.97. The second-order valence-corrected chi connectivity index (χ2v) is 4.78. The summed E-state index contributed by atoms with van der Waals surface area (Å²) in [5.74, 6) is 0.111. The van der Waals surface area contributed by atoms with Crippen molar-refractivity contribution in [2.45, 2.75) is 25.4 Å². The van der Waals surface area contributed by atoms with Crippen LogP contribution in [0.1, 0.15) is 24.8 Å². The highest BCUT2D eigenvalue weighted by Crippen LogP contribution is 2.33. The molecule has 3 nitrogen and oxygen atoms in total. The summed E-state index contributed by atoms with van der Waals surface area (Å²) in [7, 11) is 0. The lowest BCUT2D eigenvalue weighted by atomic mass is 10.1. The van der Waals surface area contributed by atoms with E-state index < -0.39 is 11.7 Å². The van der Waals surface area contributed by atoms with Crippen molar-refractivity contribution in [3.63, 3.8) is 0 Å². The molecule has 1 aliphatic heterocycles. The van der Waals surface area contributed by atoms with Crippen molar-refractivity contribution < 1.29 is 13.2 Å². The highest BCUT2D eigenvalue weighted by atomic mass is 35.5. The summed E-state index contributed by atoms with van der Waals surface area (Å²) >= 11 is 5.76. The van der Waals surface area contributed by atoms with Crippen molar-refractivity contribution >= 4 is 23.8 Å². The average Bonchev–Trinajstić information content (AvgIpc) is 2.37. The van der Waals surface area contributed by atoms with Crippen LogP contribution in [0.4, 0.5) is 19.0 Å². The maximum atomic E-state index is 12.4. The predicted octanol–water partition coefficient (Wildman–Crippen LogP) is 3.90. The number of nitrogens with zero attached hydrogens (tertiary/aromatic N) is 3. The van der Waals surface area contributed by atoms with Crippen LogP contribution in [0.25, 0.3) is 0 Å². The normalized spacial score (nSPS) is 17.2. The van der Waals surface area contributed by atoms with Crippen molar-refractivity contribution in [1.82, 2.24) is 9.88 Å². The first-order valence-corrected chi connectivity index (χ1v) is 6.35. The Bertz CT molecular complexity index is 468. The van der Waals surface area contributed by atoms with Gasteiger partial charge in [0.1, 0.15) is 0 Å². The SMILES string of the molecule is FC(F)(F)c1cnc(N=CN2CCCCC2)c(Cl)c1. The van der Waals surface area contributed by atoms with Crippen LogP contribution in [0, 0.1) is 0 Å². The number of pyridine rings is 1. The smallest absolute Gasteiger partial charge is 0.363 e. The topological polar surface area (TPSA) is 28.5 Å². The summed E-state index contributed by atoms with van der Waals surface area (Å²) in [5.41, 5.74) is -0.866. The van der Waals surface area contributed by atoms with Crippen LogP contribution in [0.15, 0.2) is 17.3 Å². The van der Waals surface area contributed by atoms with Crippen LogP contribution < -0.4 is 0 Å². The highest BCUT2D eigenvalue weighted by Gasteiger charge is 2.31. The highest BCUT2D eigenvalue weighted by molar-refractivity contribution is 6.32. The molecule has 19 heavy (non-hydrogen) atoms. The maximum Gasteiger partial charge on any atom is 0.417 e. The van der Waals surface area contributed by atoms with Crippen LogP contribution in [0.2, 0.25) is 5.02 Å². The number of halogens is 4. The number of hydrogen-bond donors (Lipinski definition) is 0. The van der Waals surface area contributed by atoms with Crippen molar-refractivity contribution in [1.29, 1.82) is 0 Å². The number of hydrogen-bond acceptors (Lipinski definition) is 2. The molecule has 0 saturated carbocycles. The van der Waals surface area contributed by atoms with Crippen LogP contribution in [0.5, 0.6) is 0 Å². The molecular weight excluding hydrogens is 279 g/mol. The van der Waals surface area contributed by atoms with E-state index in [9.17, 15) is 13.2 Å². The Kier molecular flexibility index (Phi) is 4.29. The molecular formula is C12H13ClF3N3. The van der Waals surface area contributed by atoms with E-state index in [1.165, 1.54) is 6.42 Å². The molecule has 0 aliphatic carbocycles. The summed E-state index contributed by atoms with van der Waals surface area (Å²) < 4.78 is 37.3. The van der Waals surface area contributed by atoms with Crippen molar-refractivity contribution in [3.05, 3.63) is 22.8 Å². The fraction of sp³-hybridized carbons (Fsp3) is 0.500. The lowest BCUT2D eigenvalue weighted by Crippen LogP contribution is -2.28. The molecule has 0 bridgehead atoms. The lowest BCUT2D eigenvalue weighted by molar-refractivity contribution is -0.137. The van der Waals surface area contributed by atoms with E-state index in [0.29, 0.717) is 0 Å². The Balaban J connectivity index is 2.10. The fourth-order valence-corrected chi connectivity index (χ4v) is 2.07. The molecule has 0 radical (unpaired) electrons. The zero-order chi connectivity index (χ0) is 13.9. The summed E-state index contributed by atoms with van der Waals surface area (Å²) in [5, 5.41) is -0.0944. The van der Waals surface area contributed by atoms with Gasteiger partial charge in [-0.3, -0.25) is 0 Å². The van der Waals surface area contributed by atoms with E-state index >= 15 is 0 Å². The lowest BCUT2D eigenvalue weighted by Gasteiger charge is -2.23. The first-order valence-electron chi connectivity index (χ1n) is 5.98. The fourth-order valence-electron chi connectivity index (χ4n) is 1.85. The Morgan fingerprint density at radius 3 is 2.53 bits per heavy atom. The van der Waals surface area contributed by atoms with Crippen LogP contribution >= 0.6 is 11.6 Å². The van der Waals surface area contributed by atoms with Gasteiger partial charge < -0.3 is 4.90 Å². The van der Waals surface area contributed by atoms with E-state index in [1.54, 1.807) is 6.34 Å². The molecule has 1 aromatic heterocycles. The Morgan fingerprint density at radius 2 is 1.95 bits per heavy atom. The second-order valence-electron chi connectivity index (χ2n) is 4.37. The molecule has 2 rings (SSSR count). The van der Waals surface area contributed by atoms with Gasteiger partial charge in [-0.25, -0.2) is 9.98 Å². The van der Waals surface area contributed by atoms with Crippen LogP contribution in [0.3, 0.4) is 0 Å². The third-order valence-electron chi connectivity index (χ3n) is 2.88. The van der Waals surface area contributed by atoms with Gasteiger partial charge in [-0.15, -0.1) is 0 Å². The molecule has 0 aromatic carbocycles. The molecule has 1 aliphatic rings. The van der Waals surface area contributed by atoms with E-state index in [1.807, 2.05) is 4.90 Å². The summed E-state index contributed by atoms with van der Waals surface area (Å²) in [6.07, 6.45) is 1.30. The molecule has 7 heteroatoms. The summed E-state index contributed by atoms with van der Waals surface area (Å²) in [4.78, 5) is 9.71. The maximum absolute atomic E-state index is 12.4. The zero-order valence-electron chi connectivity index (χ0n) is 10.1. The number of rotatable bonds is 2. The quantitative estimate of drug-likeness (QED) is 0.611. The van der Waals surface area contributed by atoms with E-state index in [0.717, 1.165) is 38.2 Å². The van der Waals surface area contributed by atoms with Crippen molar-refractivity contribution in [2.24, 2.45) is 4.99 Å². The Labute approximate surface area is 114 Å². The van der Waals surface area contributed by atoms with Gasteiger partial charge in [-0.2, -0.15) is 13.2 Å². The van der Waals surface area contributed by atoms with E-state index in [2.05, 4.69) is 9.98 Å². The first kappa shape index (κ1) is 14.1. The van der Waals surface area contributed by atoms with Gasteiger partial charge in [-0.1, -0.05) is 11.6 Å². The standard InChI is InChI=1S/C12H13ClF3N3/c13-10-6-9(12(14,15)16)7-17-11(10)18-8-19-4-2-1-3-5-19/h6-8H,1-5H2. The van der Waals surface area contributed by atoms with Gasteiger partial charge in [0.05, 0.1) is 16.9 Å². The number of piperidine rings is 1. The van der Waals surface area contributed by atoms with Gasteiger partial charge in [0.25, 0.3) is 0 Å². The van der Waals surface area contributed by atoms with Crippen LogP contribution in [-0.4, -0.2) is 29.3 Å². The van der Waals surface area contributed by atoms with E-state index in [4.69, 9.17) is 11.6 Å². The number of alkyl halides is 3. The van der Waals surface area contributed by atoms with Crippen LogP contribution in [-0.2, 0) is 6.18 Å². The number of aliphatic imine (C=N–C) groups is 1. The van der Waals surface area contributed by atoms with Gasteiger partial charge >= 0.3 is 6.18 Å². The predicted molar refractivity (Wildman–Crippen MR) is 67.8 cm³/mol. The molecule has 1 saturated heterocycles. The molecule has 0 atom stereocenters. The molecule has 1 aromatic rings. The average molecular weight is 292 g/mol. The van der Waals surface area contributed by atoms with E-state index in [-0.39, 0.29) is 10.8 Å². The molecule has 2 heterocycles. The molecule has 0 unspecified atom stereocenters. The third-order valence-corrected chi connectivity index (χ3v) is 3.16. The number of aromatic nitrogens is 1. The Morgan fingerprint density at radius 1 is 1.26 bits per heavy atom. The van der Waals surface area contributed by atoms with Crippen molar-refractivity contribution in [2.75, 3.05) is 13.1 Å².